The normalized spacial score (nSPS) is 13.8. The summed E-state index contributed by atoms with van der Waals surface area (Å²) in [6.45, 7) is 0.502. The number of nitrogens with zero attached hydrogens (tertiary/aromatic N) is 3. The van der Waals surface area contributed by atoms with E-state index in [9.17, 15) is 14.9 Å². The minimum Gasteiger partial charge on any atom is -0.353 e. The van der Waals surface area contributed by atoms with Gasteiger partial charge in [0.15, 0.2) is 0 Å². The number of H-pyrrole nitrogens is 1. The highest BCUT2D eigenvalue weighted by Crippen LogP contribution is 2.44. The van der Waals surface area contributed by atoms with Gasteiger partial charge >= 0.3 is 0 Å². The fourth-order valence-electron chi connectivity index (χ4n) is 4.90. The molecule has 30 heavy (non-hydrogen) atoms. The molecule has 6 heteroatoms. The van der Waals surface area contributed by atoms with Gasteiger partial charge in [0.1, 0.15) is 0 Å². The van der Waals surface area contributed by atoms with Crippen LogP contribution in [-0.4, -0.2) is 33.3 Å². The molecule has 3 heterocycles. The first-order valence-electron chi connectivity index (χ1n) is 9.80. The third-order valence-corrected chi connectivity index (χ3v) is 6.15. The maximum absolute atomic E-state index is 13.2. The zero-order chi connectivity index (χ0) is 20.6. The summed E-state index contributed by atoms with van der Waals surface area (Å²) < 4.78 is 2.10. The van der Waals surface area contributed by atoms with Crippen molar-refractivity contribution >= 4 is 55.4 Å². The number of imide groups is 1. The van der Waals surface area contributed by atoms with Gasteiger partial charge in [0, 0.05) is 46.2 Å². The first kappa shape index (κ1) is 16.8. The van der Waals surface area contributed by atoms with Crippen LogP contribution in [0.3, 0.4) is 0 Å². The van der Waals surface area contributed by atoms with E-state index >= 15 is 0 Å². The second-order valence-corrected chi connectivity index (χ2v) is 7.64. The van der Waals surface area contributed by atoms with Crippen molar-refractivity contribution in [3.05, 3.63) is 59.7 Å². The molecule has 0 bridgehead atoms. The van der Waals surface area contributed by atoms with E-state index in [2.05, 4.69) is 15.6 Å². The van der Waals surface area contributed by atoms with Crippen molar-refractivity contribution in [3.63, 3.8) is 0 Å². The molecule has 0 saturated carbocycles. The smallest absolute Gasteiger partial charge is 0.262 e. The highest BCUT2D eigenvalue weighted by atomic mass is 16.2. The summed E-state index contributed by atoms with van der Waals surface area (Å²) in [5.74, 6) is -0.559. The Bertz CT molecular complexity index is 1610. The number of rotatable bonds is 2. The van der Waals surface area contributed by atoms with Crippen LogP contribution in [0.25, 0.3) is 43.6 Å². The van der Waals surface area contributed by atoms with Crippen LogP contribution in [0.4, 0.5) is 0 Å². The van der Waals surface area contributed by atoms with Crippen molar-refractivity contribution in [2.24, 2.45) is 0 Å². The molecule has 0 radical (unpaired) electrons. The Labute approximate surface area is 170 Å². The van der Waals surface area contributed by atoms with Crippen LogP contribution in [0.5, 0.6) is 0 Å². The number of hydrogen-bond donors (Lipinski definition) is 1. The number of nitriles is 1. The van der Waals surface area contributed by atoms with Gasteiger partial charge in [0.25, 0.3) is 11.8 Å². The monoisotopic (exact) mass is 392 g/mol. The minimum absolute atomic E-state index is 0.277. The first-order valence-corrected chi connectivity index (χ1v) is 9.80. The topological polar surface area (TPSA) is 81.9 Å². The summed E-state index contributed by atoms with van der Waals surface area (Å²) in [6, 6.07) is 17.9. The third kappa shape index (κ3) is 1.87. The number of fused-ring (bicyclic) bond motifs is 10. The van der Waals surface area contributed by atoms with E-state index in [1.807, 2.05) is 48.5 Å². The van der Waals surface area contributed by atoms with E-state index in [4.69, 9.17) is 0 Å². The standard InChI is InChI=1S/C24H16N4O2/c1-27-23(29)19-17-13-7-2-4-9-15(13)26-21(17)22-18(20(19)24(27)30)14-8-3-5-10-16(14)28(22)12-6-11-25/h2-5,7-10,26H,6,12H2,1H3. The van der Waals surface area contributed by atoms with Crippen LogP contribution in [0.2, 0.25) is 0 Å². The number of amides is 2. The zero-order valence-corrected chi connectivity index (χ0v) is 16.2. The van der Waals surface area contributed by atoms with Gasteiger partial charge in [-0.2, -0.15) is 5.26 Å². The average Bonchev–Trinajstić information content (AvgIpc) is 3.37. The molecule has 0 fully saturated rings. The molecular formula is C24H16N4O2. The molecule has 1 N–H and O–H groups in total. The van der Waals surface area contributed by atoms with Gasteiger partial charge in [-0.25, -0.2) is 0 Å². The van der Waals surface area contributed by atoms with Crippen molar-refractivity contribution in [2.75, 3.05) is 7.05 Å². The Morgan fingerprint density at radius 1 is 0.933 bits per heavy atom. The molecule has 5 aromatic rings. The Morgan fingerprint density at radius 2 is 1.60 bits per heavy atom. The SMILES string of the molecule is CN1C(=O)c2c(c3c4ccccc4n(CCC#N)c3c3[nH]c4ccccc4c23)C1=O. The summed E-state index contributed by atoms with van der Waals surface area (Å²) in [5, 5.41) is 12.6. The summed E-state index contributed by atoms with van der Waals surface area (Å²) in [7, 11) is 1.53. The number of aromatic amines is 1. The fraction of sp³-hybridized carbons (Fsp3) is 0.125. The van der Waals surface area contributed by atoms with Crippen molar-refractivity contribution in [1.82, 2.24) is 14.5 Å². The summed E-state index contributed by atoms with van der Waals surface area (Å²) >= 11 is 0. The third-order valence-electron chi connectivity index (χ3n) is 6.15. The van der Waals surface area contributed by atoms with Gasteiger partial charge in [0.2, 0.25) is 0 Å². The number of nitrogens with one attached hydrogen (secondary N) is 1. The Morgan fingerprint density at radius 3 is 2.37 bits per heavy atom. The van der Waals surface area contributed by atoms with Crippen LogP contribution in [0.1, 0.15) is 27.1 Å². The van der Waals surface area contributed by atoms with Gasteiger partial charge < -0.3 is 9.55 Å². The number of benzene rings is 3. The predicted octanol–water partition coefficient (Wildman–Crippen LogP) is 4.57. The quantitative estimate of drug-likeness (QED) is 0.447. The lowest BCUT2D eigenvalue weighted by molar-refractivity contribution is 0.0694. The predicted molar refractivity (Wildman–Crippen MR) is 115 cm³/mol. The van der Waals surface area contributed by atoms with Gasteiger partial charge in [-0.3, -0.25) is 14.5 Å². The Balaban J connectivity index is 1.97. The molecule has 0 saturated heterocycles. The van der Waals surface area contributed by atoms with E-state index in [-0.39, 0.29) is 11.8 Å². The summed E-state index contributed by atoms with van der Waals surface area (Å²) in [6.07, 6.45) is 0.347. The second kappa shape index (κ2) is 5.71. The second-order valence-electron chi connectivity index (χ2n) is 7.64. The molecule has 6 nitrogen and oxygen atoms in total. The molecule has 0 aliphatic carbocycles. The van der Waals surface area contributed by atoms with Gasteiger partial charge in [0.05, 0.1) is 34.7 Å². The van der Waals surface area contributed by atoms with E-state index in [1.54, 1.807) is 0 Å². The van der Waals surface area contributed by atoms with Crippen LogP contribution in [-0.2, 0) is 6.54 Å². The molecule has 1 aliphatic heterocycles. The van der Waals surface area contributed by atoms with Crippen molar-refractivity contribution in [3.8, 4) is 6.07 Å². The highest BCUT2D eigenvalue weighted by molar-refractivity contribution is 6.39. The van der Waals surface area contributed by atoms with Crippen LogP contribution in [0, 0.1) is 11.3 Å². The van der Waals surface area contributed by atoms with E-state index in [0.29, 0.717) is 24.1 Å². The molecule has 0 atom stereocenters. The average molecular weight is 392 g/mol. The van der Waals surface area contributed by atoms with Crippen LogP contribution < -0.4 is 0 Å². The molecule has 0 unspecified atom stereocenters. The number of hydrogen-bond acceptors (Lipinski definition) is 3. The molecule has 1 aliphatic rings. The summed E-state index contributed by atoms with van der Waals surface area (Å²) in [5.41, 5.74) is 4.48. The molecule has 6 rings (SSSR count). The maximum Gasteiger partial charge on any atom is 0.262 e. The first-order chi connectivity index (χ1) is 14.6. The zero-order valence-electron chi connectivity index (χ0n) is 16.2. The number of aryl methyl sites for hydroxylation is 1. The van der Waals surface area contributed by atoms with Crippen molar-refractivity contribution in [1.29, 1.82) is 5.26 Å². The molecular weight excluding hydrogens is 376 g/mol. The lowest BCUT2D eigenvalue weighted by atomic mass is 9.97. The Kier molecular flexibility index (Phi) is 3.20. The molecule has 144 valence electrons. The fourth-order valence-corrected chi connectivity index (χ4v) is 4.90. The van der Waals surface area contributed by atoms with Crippen LogP contribution in [0.15, 0.2) is 48.5 Å². The number of aromatic nitrogens is 2. The van der Waals surface area contributed by atoms with Gasteiger partial charge in [-0.15, -0.1) is 0 Å². The van der Waals surface area contributed by atoms with E-state index < -0.39 is 0 Å². The minimum atomic E-state index is -0.282. The highest BCUT2D eigenvalue weighted by Gasteiger charge is 2.39. The molecule has 3 aromatic carbocycles. The lowest BCUT2D eigenvalue weighted by Gasteiger charge is -2.07. The number of para-hydroxylation sites is 2. The molecule has 0 spiro atoms. The van der Waals surface area contributed by atoms with Crippen molar-refractivity contribution in [2.45, 2.75) is 13.0 Å². The van der Waals surface area contributed by atoms with Gasteiger partial charge in [-0.05, 0) is 12.1 Å². The number of carbonyl (C=O) groups is 2. The van der Waals surface area contributed by atoms with Crippen LogP contribution >= 0.6 is 0 Å². The summed E-state index contributed by atoms with van der Waals surface area (Å²) in [4.78, 5) is 31.1. The van der Waals surface area contributed by atoms with Gasteiger partial charge in [-0.1, -0.05) is 36.4 Å². The van der Waals surface area contributed by atoms with E-state index in [1.165, 1.54) is 11.9 Å². The van der Waals surface area contributed by atoms with E-state index in [0.717, 1.165) is 43.6 Å². The maximum atomic E-state index is 13.2. The van der Waals surface area contributed by atoms with Crippen molar-refractivity contribution < 1.29 is 9.59 Å². The largest absolute Gasteiger partial charge is 0.353 e. The number of carbonyl (C=O) groups excluding carboxylic acids is 2. The molecule has 2 aromatic heterocycles. The lowest BCUT2D eigenvalue weighted by Crippen LogP contribution is -2.24. The Hall–Kier alpha value is -4.11. The molecule has 2 amide bonds.